The molecule has 1 aromatic carbocycles. The summed E-state index contributed by atoms with van der Waals surface area (Å²) in [6.45, 7) is 7.99. The summed E-state index contributed by atoms with van der Waals surface area (Å²) in [5.74, 6) is 1.66. The molecule has 2 nitrogen and oxygen atoms in total. The van der Waals surface area contributed by atoms with Crippen molar-refractivity contribution >= 4 is 0 Å². The average molecular weight is 273 g/mol. The molecule has 1 aliphatic rings. The summed E-state index contributed by atoms with van der Waals surface area (Å²) >= 11 is 0. The molecule has 2 rings (SSSR count). The highest BCUT2D eigenvalue weighted by atomic mass is 16.5. The van der Waals surface area contributed by atoms with Gasteiger partial charge in [0.25, 0.3) is 0 Å². The Morgan fingerprint density at radius 2 is 2.30 bits per heavy atom. The van der Waals surface area contributed by atoms with E-state index < -0.39 is 0 Å². The van der Waals surface area contributed by atoms with Gasteiger partial charge in [-0.25, -0.2) is 0 Å². The van der Waals surface area contributed by atoms with Crippen LogP contribution in [0.3, 0.4) is 0 Å². The molecule has 0 radical (unpaired) electrons. The number of nitrogens with one attached hydrogen (secondary N) is 1. The van der Waals surface area contributed by atoms with Crippen LogP contribution in [0.15, 0.2) is 36.9 Å². The van der Waals surface area contributed by atoms with Gasteiger partial charge in [-0.05, 0) is 50.3 Å². The number of unbranched alkanes of at least 4 members (excludes halogenated alkanes) is 1. The molecular formula is C18H27NO. The third-order valence-electron chi connectivity index (χ3n) is 4.07. The first-order valence-corrected chi connectivity index (χ1v) is 7.92. The van der Waals surface area contributed by atoms with Crippen LogP contribution < -0.4 is 10.1 Å². The molecule has 0 amide bonds. The highest BCUT2D eigenvalue weighted by Gasteiger charge is 2.27. The van der Waals surface area contributed by atoms with E-state index in [9.17, 15) is 0 Å². The number of benzene rings is 1. The Hall–Kier alpha value is -1.28. The minimum Gasteiger partial charge on any atom is -0.493 e. The largest absolute Gasteiger partial charge is 0.493 e. The standard InChI is InChI=1S/C18H27NO/c1-3-5-6-10-17(19-13-4-2)15-12-14-20-18-11-8-7-9-16(15)18/h3,7-9,11,15,17,19H,1,4-6,10,12-14H2,2H3. The van der Waals surface area contributed by atoms with Gasteiger partial charge in [-0.2, -0.15) is 0 Å². The zero-order valence-electron chi connectivity index (χ0n) is 12.6. The van der Waals surface area contributed by atoms with Crippen molar-refractivity contribution in [1.82, 2.24) is 5.32 Å². The van der Waals surface area contributed by atoms with Crippen LogP contribution in [0.25, 0.3) is 0 Å². The van der Waals surface area contributed by atoms with E-state index in [1.54, 1.807) is 0 Å². The molecule has 0 aromatic heterocycles. The zero-order chi connectivity index (χ0) is 14.2. The summed E-state index contributed by atoms with van der Waals surface area (Å²) < 4.78 is 5.79. The van der Waals surface area contributed by atoms with E-state index >= 15 is 0 Å². The van der Waals surface area contributed by atoms with Crippen LogP contribution in [-0.4, -0.2) is 19.2 Å². The van der Waals surface area contributed by atoms with Crippen molar-refractivity contribution in [3.8, 4) is 5.75 Å². The molecule has 1 aromatic rings. The molecular weight excluding hydrogens is 246 g/mol. The van der Waals surface area contributed by atoms with Crippen molar-refractivity contribution in [2.75, 3.05) is 13.2 Å². The Morgan fingerprint density at radius 1 is 1.45 bits per heavy atom. The van der Waals surface area contributed by atoms with Crippen molar-refractivity contribution in [3.63, 3.8) is 0 Å². The fourth-order valence-electron chi connectivity index (χ4n) is 3.04. The second-order valence-corrected chi connectivity index (χ2v) is 5.56. The predicted octanol–water partition coefficient (Wildman–Crippen LogP) is 4.28. The summed E-state index contributed by atoms with van der Waals surface area (Å²) in [7, 11) is 0. The van der Waals surface area contributed by atoms with E-state index in [-0.39, 0.29) is 0 Å². The quantitative estimate of drug-likeness (QED) is 0.564. The van der Waals surface area contributed by atoms with Crippen molar-refractivity contribution in [2.45, 2.75) is 51.0 Å². The van der Waals surface area contributed by atoms with Gasteiger partial charge in [-0.3, -0.25) is 0 Å². The summed E-state index contributed by atoms with van der Waals surface area (Å²) in [6.07, 6.45) is 7.86. The minimum absolute atomic E-state index is 0.556. The Balaban J connectivity index is 2.09. The summed E-state index contributed by atoms with van der Waals surface area (Å²) in [4.78, 5) is 0. The average Bonchev–Trinajstić information content (AvgIpc) is 2.50. The molecule has 1 aliphatic heterocycles. The molecule has 20 heavy (non-hydrogen) atoms. The number of hydrogen-bond donors (Lipinski definition) is 1. The Bertz CT molecular complexity index is 416. The monoisotopic (exact) mass is 273 g/mol. The van der Waals surface area contributed by atoms with Crippen molar-refractivity contribution < 1.29 is 4.74 Å². The molecule has 2 heteroatoms. The van der Waals surface area contributed by atoms with Gasteiger partial charge in [0, 0.05) is 12.0 Å². The lowest BCUT2D eigenvalue weighted by Crippen LogP contribution is -2.37. The lowest BCUT2D eigenvalue weighted by Gasteiger charge is -2.33. The van der Waals surface area contributed by atoms with Crippen molar-refractivity contribution in [3.05, 3.63) is 42.5 Å². The normalized spacial score (nSPS) is 18.9. The zero-order valence-corrected chi connectivity index (χ0v) is 12.6. The lowest BCUT2D eigenvalue weighted by molar-refractivity contribution is 0.240. The maximum atomic E-state index is 5.79. The van der Waals surface area contributed by atoms with Crippen LogP contribution in [-0.2, 0) is 0 Å². The molecule has 2 unspecified atom stereocenters. The second kappa shape index (κ2) is 8.11. The van der Waals surface area contributed by atoms with Crippen LogP contribution in [0.4, 0.5) is 0 Å². The molecule has 0 saturated heterocycles. The van der Waals surface area contributed by atoms with Gasteiger partial charge in [0.05, 0.1) is 6.61 Å². The molecule has 1 N–H and O–H groups in total. The fourth-order valence-corrected chi connectivity index (χ4v) is 3.04. The first-order chi connectivity index (χ1) is 9.86. The van der Waals surface area contributed by atoms with Crippen LogP contribution in [0.5, 0.6) is 5.75 Å². The summed E-state index contributed by atoms with van der Waals surface area (Å²) in [5.41, 5.74) is 1.38. The Morgan fingerprint density at radius 3 is 3.10 bits per heavy atom. The third kappa shape index (κ3) is 3.86. The van der Waals surface area contributed by atoms with Gasteiger partial charge in [-0.1, -0.05) is 31.2 Å². The number of hydrogen-bond acceptors (Lipinski definition) is 2. The molecule has 0 saturated carbocycles. The molecule has 2 atom stereocenters. The first-order valence-electron chi connectivity index (χ1n) is 7.92. The maximum Gasteiger partial charge on any atom is 0.122 e. The number of para-hydroxylation sites is 1. The van der Waals surface area contributed by atoms with E-state index in [2.05, 4.69) is 43.1 Å². The number of rotatable bonds is 8. The topological polar surface area (TPSA) is 21.3 Å². The number of ether oxygens (including phenoxy) is 1. The van der Waals surface area contributed by atoms with Gasteiger partial charge in [0.2, 0.25) is 0 Å². The smallest absolute Gasteiger partial charge is 0.122 e. The van der Waals surface area contributed by atoms with Crippen molar-refractivity contribution in [1.29, 1.82) is 0 Å². The molecule has 0 fully saturated rings. The SMILES string of the molecule is C=CCCCC(NCCC)C1CCOc2ccccc21. The van der Waals surface area contributed by atoms with E-state index in [1.807, 2.05) is 6.08 Å². The van der Waals surface area contributed by atoms with Gasteiger partial charge in [-0.15, -0.1) is 6.58 Å². The third-order valence-corrected chi connectivity index (χ3v) is 4.07. The fraction of sp³-hybridized carbons (Fsp3) is 0.556. The number of fused-ring (bicyclic) bond motifs is 1. The molecule has 0 bridgehead atoms. The minimum atomic E-state index is 0.556. The Labute approximate surface area is 123 Å². The van der Waals surface area contributed by atoms with Gasteiger partial charge >= 0.3 is 0 Å². The van der Waals surface area contributed by atoms with Crippen LogP contribution in [0, 0.1) is 0 Å². The predicted molar refractivity (Wildman–Crippen MR) is 85.4 cm³/mol. The molecule has 1 heterocycles. The molecule has 0 spiro atoms. The van der Waals surface area contributed by atoms with E-state index in [1.165, 1.54) is 24.8 Å². The lowest BCUT2D eigenvalue weighted by atomic mass is 9.84. The number of allylic oxidation sites excluding steroid dienone is 1. The highest BCUT2D eigenvalue weighted by molar-refractivity contribution is 5.38. The van der Waals surface area contributed by atoms with Gasteiger partial charge < -0.3 is 10.1 Å². The molecule has 0 aliphatic carbocycles. The van der Waals surface area contributed by atoms with Crippen LogP contribution in [0.1, 0.15) is 50.5 Å². The Kier molecular flexibility index (Phi) is 6.13. The van der Waals surface area contributed by atoms with E-state index in [0.29, 0.717) is 12.0 Å². The highest BCUT2D eigenvalue weighted by Crippen LogP contribution is 2.36. The van der Waals surface area contributed by atoms with Crippen LogP contribution in [0.2, 0.25) is 0 Å². The van der Waals surface area contributed by atoms with E-state index in [0.717, 1.165) is 31.7 Å². The molecule has 110 valence electrons. The van der Waals surface area contributed by atoms with Gasteiger partial charge in [0.15, 0.2) is 0 Å². The summed E-state index contributed by atoms with van der Waals surface area (Å²) in [6, 6.07) is 9.07. The first kappa shape index (κ1) is 15.1. The van der Waals surface area contributed by atoms with E-state index in [4.69, 9.17) is 4.74 Å². The van der Waals surface area contributed by atoms with Crippen molar-refractivity contribution in [2.24, 2.45) is 0 Å². The van der Waals surface area contributed by atoms with Gasteiger partial charge in [0.1, 0.15) is 5.75 Å². The second-order valence-electron chi connectivity index (χ2n) is 5.56. The summed E-state index contributed by atoms with van der Waals surface area (Å²) in [5, 5.41) is 3.75. The maximum absolute atomic E-state index is 5.79. The van der Waals surface area contributed by atoms with Crippen LogP contribution >= 0.6 is 0 Å².